The molecule has 25 heavy (non-hydrogen) atoms. The lowest BCUT2D eigenvalue weighted by atomic mass is 10.2. The molecule has 1 aliphatic rings. The second kappa shape index (κ2) is 8.09. The van der Waals surface area contributed by atoms with E-state index in [0.717, 1.165) is 42.6 Å². The van der Waals surface area contributed by atoms with E-state index in [0.29, 0.717) is 5.02 Å². The number of nitrogens with one attached hydrogen (secondary N) is 1. The number of anilines is 2. The molecule has 1 saturated heterocycles. The Balaban J connectivity index is 1.56. The van der Waals surface area contributed by atoms with Gasteiger partial charge >= 0.3 is 0 Å². The Kier molecular flexibility index (Phi) is 5.84. The molecule has 0 aromatic heterocycles. The van der Waals surface area contributed by atoms with Crippen molar-refractivity contribution in [1.82, 2.24) is 4.90 Å². The van der Waals surface area contributed by atoms with E-state index >= 15 is 0 Å². The predicted molar refractivity (Wildman–Crippen MR) is 105 cm³/mol. The average Bonchev–Trinajstić information content (AvgIpc) is 2.63. The SMILES string of the molecule is C[C@@H](C(=O)Nc1ccc(Cl)cc1)N1CCN(c2ccccc2Cl)CC1. The molecule has 0 radical (unpaired) electrons. The monoisotopic (exact) mass is 377 g/mol. The first kappa shape index (κ1) is 18.1. The van der Waals surface area contributed by atoms with Crippen molar-refractivity contribution in [3.05, 3.63) is 58.6 Å². The van der Waals surface area contributed by atoms with Gasteiger partial charge in [-0.15, -0.1) is 0 Å². The molecule has 6 heteroatoms. The Morgan fingerprint density at radius 1 is 1.00 bits per heavy atom. The fourth-order valence-electron chi connectivity index (χ4n) is 3.00. The van der Waals surface area contributed by atoms with E-state index in [1.807, 2.05) is 43.3 Å². The summed E-state index contributed by atoms with van der Waals surface area (Å²) < 4.78 is 0. The van der Waals surface area contributed by atoms with Crippen LogP contribution in [-0.2, 0) is 4.79 Å². The Bertz CT molecular complexity index is 728. The highest BCUT2D eigenvalue weighted by Gasteiger charge is 2.26. The topological polar surface area (TPSA) is 35.6 Å². The zero-order valence-corrected chi connectivity index (χ0v) is 15.6. The number of hydrogen-bond donors (Lipinski definition) is 1. The number of halogens is 2. The number of piperazine rings is 1. The van der Waals surface area contributed by atoms with Gasteiger partial charge in [0.1, 0.15) is 0 Å². The van der Waals surface area contributed by atoms with Gasteiger partial charge in [-0.25, -0.2) is 0 Å². The third kappa shape index (κ3) is 4.46. The third-order valence-corrected chi connectivity index (χ3v) is 5.12. The summed E-state index contributed by atoms with van der Waals surface area (Å²) >= 11 is 12.2. The van der Waals surface area contributed by atoms with Crippen molar-refractivity contribution in [2.45, 2.75) is 13.0 Å². The zero-order chi connectivity index (χ0) is 17.8. The van der Waals surface area contributed by atoms with E-state index in [-0.39, 0.29) is 11.9 Å². The van der Waals surface area contributed by atoms with Crippen LogP contribution in [-0.4, -0.2) is 43.0 Å². The molecule has 0 aliphatic carbocycles. The van der Waals surface area contributed by atoms with Gasteiger partial charge in [-0.2, -0.15) is 0 Å². The molecule has 3 rings (SSSR count). The summed E-state index contributed by atoms with van der Waals surface area (Å²) in [5, 5.41) is 4.37. The second-order valence-corrected chi connectivity index (χ2v) is 6.99. The maximum absolute atomic E-state index is 12.5. The van der Waals surface area contributed by atoms with Crippen LogP contribution in [0.5, 0.6) is 0 Å². The molecule has 1 amide bonds. The summed E-state index contributed by atoms with van der Waals surface area (Å²) in [4.78, 5) is 16.9. The highest BCUT2D eigenvalue weighted by atomic mass is 35.5. The highest BCUT2D eigenvalue weighted by molar-refractivity contribution is 6.33. The Labute approximate surface area is 158 Å². The van der Waals surface area contributed by atoms with Crippen molar-refractivity contribution in [2.24, 2.45) is 0 Å². The van der Waals surface area contributed by atoms with Crippen molar-refractivity contribution in [3.63, 3.8) is 0 Å². The van der Waals surface area contributed by atoms with Crippen LogP contribution in [0.25, 0.3) is 0 Å². The maximum Gasteiger partial charge on any atom is 0.241 e. The summed E-state index contributed by atoms with van der Waals surface area (Å²) in [7, 11) is 0. The van der Waals surface area contributed by atoms with Gasteiger partial charge in [0.2, 0.25) is 5.91 Å². The molecule has 1 N–H and O–H groups in total. The van der Waals surface area contributed by atoms with E-state index in [1.165, 1.54) is 0 Å². The number of para-hydroxylation sites is 1. The largest absolute Gasteiger partial charge is 0.368 e. The molecule has 0 bridgehead atoms. The highest BCUT2D eigenvalue weighted by Crippen LogP contribution is 2.26. The number of rotatable bonds is 4. The van der Waals surface area contributed by atoms with Crippen LogP contribution >= 0.6 is 23.2 Å². The molecular formula is C19H21Cl2N3O. The average molecular weight is 378 g/mol. The molecule has 4 nitrogen and oxygen atoms in total. The molecule has 1 heterocycles. The zero-order valence-electron chi connectivity index (χ0n) is 14.1. The van der Waals surface area contributed by atoms with E-state index in [4.69, 9.17) is 23.2 Å². The Morgan fingerprint density at radius 2 is 1.64 bits per heavy atom. The molecule has 132 valence electrons. The van der Waals surface area contributed by atoms with Crippen molar-refractivity contribution < 1.29 is 4.79 Å². The lowest BCUT2D eigenvalue weighted by Gasteiger charge is -2.38. The van der Waals surface area contributed by atoms with Crippen molar-refractivity contribution >= 4 is 40.5 Å². The first-order valence-electron chi connectivity index (χ1n) is 8.34. The third-order valence-electron chi connectivity index (χ3n) is 4.55. The van der Waals surface area contributed by atoms with E-state index in [1.54, 1.807) is 12.1 Å². The van der Waals surface area contributed by atoms with Gasteiger partial charge in [-0.3, -0.25) is 9.69 Å². The van der Waals surface area contributed by atoms with Crippen LogP contribution < -0.4 is 10.2 Å². The smallest absolute Gasteiger partial charge is 0.241 e. The van der Waals surface area contributed by atoms with Gasteiger partial charge in [-0.1, -0.05) is 35.3 Å². The minimum atomic E-state index is -0.191. The van der Waals surface area contributed by atoms with Crippen LogP contribution in [0.3, 0.4) is 0 Å². The van der Waals surface area contributed by atoms with E-state index < -0.39 is 0 Å². The number of carbonyl (C=O) groups excluding carboxylic acids is 1. The molecule has 1 aliphatic heterocycles. The van der Waals surface area contributed by atoms with Crippen LogP contribution in [0.15, 0.2) is 48.5 Å². The first-order valence-corrected chi connectivity index (χ1v) is 9.10. The fourth-order valence-corrected chi connectivity index (χ4v) is 3.39. The minimum Gasteiger partial charge on any atom is -0.368 e. The molecule has 0 saturated carbocycles. The first-order chi connectivity index (χ1) is 12.0. The summed E-state index contributed by atoms with van der Waals surface area (Å²) in [6.45, 7) is 5.28. The lowest BCUT2D eigenvalue weighted by molar-refractivity contribution is -0.120. The summed E-state index contributed by atoms with van der Waals surface area (Å²) in [5.74, 6) is -0.00600. The molecule has 2 aromatic rings. The van der Waals surface area contributed by atoms with Gasteiger partial charge in [0.25, 0.3) is 0 Å². The van der Waals surface area contributed by atoms with Gasteiger partial charge < -0.3 is 10.2 Å². The van der Waals surface area contributed by atoms with Gasteiger partial charge in [-0.05, 0) is 43.3 Å². The van der Waals surface area contributed by atoms with Crippen LogP contribution in [0.4, 0.5) is 11.4 Å². The Morgan fingerprint density at radius 3 is 2.28 bits per heavy atom. The predicted octanol–water partition coefficient (Wildman–Crippen LogP) is 4.14. The molecule has 0 spiro atoms. The lowest BCUT2D eigenvalue weighted by Crippen LogP contribution is -2.52. The van der Waals surface area contributed by atoms with E-state index in [2.05, 4.69) is 15.1 Å². The fraction of sp³-hybridized carbons (Fsp3) is 0.316. The van der Waals surface area contributed by atoms with Crippen molar-refractivity contribution in [3.8, 4) is 0 Å². The summed E-state index contributed by atoms with van der Waals surface area (Å²) in [6.07, 6.45) is 0. The molecule has 1 fully saturated rings. The van der Waals surface area contributed by atoms with Gasteiger partial charge in [0.05, 0.1) is 16.8 Å². The number of carbonyl (C=O) groups is 1. The minimum absolute atomic E-state index is 0.00600. The number of hydrogen-bond acceptors (Lipinski definition) is 3. The number of amides is 1. The summed E-state index contributed by atoms with van der Waals surface area (Å²) in [5.41, 5.74) is 1.82. The quantitative estimate of drug-likeness (QED) is 0.869. The summed E-state index contributed by atoms with van der Waals surface area (Å²) in [6, 6.07) is 14.8. The van der Waals surface area contributed by atoms with Gasteiger partial charge in [0, 0.05) is 36.9 Å². The second-order valence-electron chi connectivity index (χ2n) is 6.15. The van der Waals surface area contributed by atoms with Crippen LogP contribution in [0.1, 0.15) is 6.92 Å². The molecule has 1 atom stereocenters. The van der Waals surface area contributed by atoms with Crippen molar-refractivity contribution in [1.29, 1.82) is 0 Å². The molecule has 2 aromatic carbocycles. The normalized spacial score (nSPS) is 16.5. The number of nitrogens with zero attached hydrogens (tertiary/aromatic N) is 2. The Hall–Kier alpha value is -1.75. The van der Waals surface area contributed by atoms with Crippen molar-refractivity contribution in [2.75, 3.05) is 36.4 Å². The maximum atomic E-state index is 12.5. The van der Waals surface area contributed by atoms with Crippen LogP contribution in [0, 0.1) is 0 Å². The standard InChI is InChI=1S/C19H21Cl2N3O/c1-14(19(25)22-16-8-6-15(20)7-9-16)23-10-12-24(13-11-23)18-5-3-2-4-17(18)21/h2-9,14H,10-13H2,1H3,(H,22,25)/t14-/m0/s1. The van der Waals surface area contributed by atoms with Gasteiger partial charge in [0.15, 0.2) is 0 Å². The molecule has 0 unspecified atom stereocenters. The van der Waals surface area contributed by atoms with Crippen LogP contribution in [0.2, 0.25) is 10.0 Å². The molecular weight excluding hydrogens is 357 g/mol. The number of benzene rings is 2. The van der Waals surface area contributed by atoms with E-state index in [9.17, 15) is 4.79 Å².